The van der Waals surface area contributed by atoms with Crippen molar-refractivity contribution in [3.05, 3.63) is 45.5 Å². The topological polar surface area (TPSA) is 93.0 Å². The summed E-state index contributed by atoms with van der Waals surface area (Å²) in [5.41, 5.74) is -0.393. The largest absolute Gasteiger partial charge is 0.367 e. The maximum atomic E-state index is 13.8. The molecule has 0 fully saturated rings. The zero-order valence-electron chi connectivity index (χ0n) is 10.2. The van der Waals surface area contributed by atoms with E-state index in [2.05, 4.69) is 20.6 Å². The van der Waals surface area contributed by atoms with Gasteiger partial charge in [0.15, 0.2) is 5.82 Å². The molecule has 0 aliphatic rings. The van der Waals surface area contributed by atoms with Gasteiger partial charge in [-0.05, 0) is 12.1 Å². The molecule has 0 saturated heterocycles. The van der Waals surface area contributed by atoms with Gasteiger partial charge in [-0.1, -0.05) is 17.7 Å². The van der Waals surface area contributed by atoms with E-state index in [1.807, 2.05) is 0 Å². The highest BCUT2D eigenvalue weighted by atomic mass is 35.5. The van der Waals surface area contributed by atoms with E-state index in [0.717, 1.165) is 6.33 Å². The van der Waals surface area contributed by atoms with Gasteiger partial charge in [-0.15, -0.1) is 0 Å². The zero-order chi connectivity index (χ0) is 14.7. The number of aromatic nitrogens is 2. The third-order valence-corrected chi connectivity index (χ3v) is 2.74. The van der Waals surface area contributed by atoms with Crippen LogP contribution >= 0.6 is 11.6 Å². The SMILES string of the molecule is CNc1ncnc(Nc2cccc(Cl)c2F)c1[N+](=O)[O-]. The molecule has 7 nitrogen and oxygen atoms in total. The smallest absolute Gasteiger partial charge is 0.353 e. The lowest BCUT2D eigenvalue weighted by Gasteiger charge is -2.09. The Morgan fingerprint density at radius 2 is 2.05 bits per heavy atom. The van der Waals surface area contributed by atoms with Crippen molar-refractivity contribution >= 4 is 34.6 Å². The van der Waals surface area contributed by atoms with Crippen LogP contribution in [0.25, 0.3) is 0 Å². The third-order valence-electron chi connectivity index (χ3n) is 2.45. The molecule has 0 atom stereocenters. The monoisotopic (exact) mass is 297 g/mol. The van der Waals surface area contributed by atoms with Gasteiger partial charge in [0, 0.05) is 7.05 Å². The Kier molecular flexibility index (Phi) is 3.94. The molecule has 0 amide bonds. The quantitative estimate of drug-likeness (QED) is 0.665. The van der Waals surface area contributed by atoms with E-state index in [9.17, 15) is 14.5 Å². The van der Waals surface area contributed by atoms with Gasteiger partial charge in [0.05, 0.1) is 15.6 Å². The molecule has 0 unspecified atom stereocenters. The Bertz CT molecular complexity index is 667. The Hall–Kier alpha value is -2.48. The molecule has 2 N–H and O–H groups in total. The first-order valence-corrected chi connectivity index (χ1v) is 5.80. The number of hydrogen-bond donors (Lipinski definition) is 2. The number of halogens is 2. The van der Waals surface area contributed by atoms with Crippen LogP contribution in [0.4, 0.5) is 27.4 Å². The van der Waals surface area contributed by atoms with Gasteiger partial charge in [-0.3, -0.25) is 10.1 Å². The fourth-order valence-corrected chi connectivity index (χ4v) is 1.73. The summed E-state index contributed by atoms with van der Waals surface area (Å²) in [5, 5.41) is 16.1. The van der Waals surface area contributed by atoms with E-state index in [1.54, 1.807) is 0 Å². The Balaban J connectivity index is 2.48. The molecule has 0 radical (unpaired) electrons. The van der Waals surface area contributed by atoms with Crippen molar-refractivity contribution in [3.8, 4) is 0 Å². The molecule has 0 spiro atoms. The molecule has 20 heavy (non-hydrogen) atoms. The summed E-state index contributed by atoms with van der Waals surface area (Å²) in [7, 11) is 1.49. The molecule has 1 aromatic heterocycles. The molecule has 2 rings (SSSR count). The van der Waals surface area contributed by atoms with E-state index in [-0.39, 0.29) is 28.0 Å². The lowest BCUT2D eigenvalue weighted by Crippen LogP contribution is -2.06. The number of hydrogen-bond acceptors (Lipinski definition) is 6. The minimum atomic E-state index is -0.715. The van der Waals surface area contributed by atoms with Crippen LogP contribution in [-0.4, -0.2) is 21.9 Å². The average Bonchev–Trinajstić information content (AvgIpc) is 2.43. The van der Waals surface area contributed by atoms with Crippen LogP contribution in [0.2, 0.25) is 5.02 Å². The number of nitrogens with one attached hydrogen (secondary N) is 2. The second-order valence-electron chi connectivity index (χ2n) is 3.65. The molecule has 9 heteroatoms. The summed E-state index contributed by atoms with van der Waals surface area (Å²) in [6.07, 6.45) is 1.13. The summed E-state index contributed by atoms with van der Waals surface area (Å²) in [5.74, 6) is -0.821. The number of anilines is 3. The van der Waals surface area contributed by atoms with Crippen molar-refractivity contribution in [1.29, 1.82) is 0 Å². The Labute approximate surface area is 118 Å². The maximum Gasteiger partial charge on any atom is 0.353 e. The van der Waals surface area contributed by atoms with Crippen LogP contribution in [0, 0.1) is 15.9 Å². The summed E-state index contributed by atoms with van der Waals surface area (Å²) < 4.78 is 13.8. The highest BCUT2D eigenvalue weighted by Gasteiger charge is 2.23. The third kappa shape index (κ3) is 2.59. The zero-order valence-corrected chi connectivity index (χ0v) is 11.0. The van der Waals surface area contributed by atoms with E-state index >= 15 is 0 Å². The summed E-state index contributed by atoms with van der Waals surface area (Å²) in [4.78, 5) is 17.9. The van der Waals surface area contributed by atoms with Gasteiger partial charge in [0.25, 0.3) is 0 Å². The minimum absolute atomic E-state index is 0.0126. The summed E-state index contributed by atoms with van der Waals surface area (Å²) in [6.45, 7) is 0. The van der Waals surface area contributed by atoms with Crippen molar-refractivity contribution in [2.75, 3.05) is 17.7 Å². The van der Waals surface area contributed by atoms with Crippen LogP contribution in [-0.2, 0) is 0 Å². The van der Waals surface area contributed by atoms with Gasteiger partial charge in [0.2, 0.25) is 11.6 Å². The first kappa shape index (κ1) is 13.9. The summed E-state index contributed by atoms with van der Waals surface area (Å²) in [6, 6.07) is 4.28. The predicted octanol–water partition coefficient (Wildman–Crippen LogP) is 2.96. The second kappa shape index (κ2) is 5.66. The lowest BCUT2D eigenvalue weighted by molar-refractivity contribution is -0.383. The van der Waals surface area contributed by atoms with E-state index < -0.39 is 10.7 Å². The van der Waals surface area contributed by atoms with Gasteiger partial charge in [-0.2, -0.15) is 0 Å². The molecule has 1 heterocycles. The fourth-order valence-electron chi connectivity index (χ4n) is 1.55. The highest BCUT2D eigenvalue weighted by molar-refractivity contribution is 6.31. The number of nitrogens with zero attached hydrogens (tertiary/aromatic N) is 3. The molecule has 1 aromatic carbocycles. The second-order valence-corrected chi connectivity index (χ2v) is 4.06. The number of nitro groups is 1. The van der Waals surface area contributed by atoms with Gasteiger partial charge in [0.1, 0.15) is 6.33 Å². The van der Waals surface area contributed by atoms with Crippen LogP contribution < -0.4 is 10.6 Å². The highest BCUT2D eigenvalue weighted by Crippen LogP contribution is 2.32. The number of rotatable bonds is 4. The molecule has 0 bridgehead atoms. The van der Waals surface area contributed by atoms with E-state index in [0.29, 0.717) is 0 Å². The van der Waals surface area contributed by atoms with Gasteiger partial charge < -0.3 is 10.6 Å². The normalized spacial score (nSPS) is 10.2. The van der Waals surface area contributed by atoms with E-state index in [1.165, 1.54) is 25.2 Å². The Morgan fingerprint density at radius 1 is 1.35 bits per heavy atom. The average molecular weight is 298 g/mol. The predicted molar refractivity (Wildman–Crippen MR) is 72.9 cm³/mol. The van der Waals surface area contributed by atoms with Crippen LogP contribution in [0.1, 0.15) is 0 Å². The molecule has 0 aliphatic carbocycles. The Morgan fingerprint density at radius 3 is 2.70 bits per heavy atom. The lowest BCUT2D eigenvalue weighted by atomic mass is 10.3. The fraction of sp³-hybridized carbons (Fsp3) is 0.0909. The standard InChI is InChI=1S/C11H9ClFN5O2/c1-14-10-9(18(19)20)11(16-5-15-10)17-7-4-2-3-6(12)8(7)13/h2-5H,1H3,(H2,14,15,16,17). The molecule has 0 saturated carbocycles. The molecule has 104 valence electrons. The first-order valence-electron chi connectivity index (χ1n) is 5.42. The molecule has 2 aromatic rings. The minimum Gasteiger partial charge on any atom is -0.367 e. The molecular weight excluding hydrogens is 289 g/mol. The van der Waals surface area contributed by atoms with Gasteiger partial charge >= 0.3 is 5.69 Å². The molecular formula is C11H9ClFN5O2. The van der Waals surface area contributed by atoms with Crippen molar-refractivity contribution < 1.29 is 9.31 Å². The van der Waals surface area contributed by atoms with Crippen molar-refractivity contribution in [2.45, 2.75) is 0 Å². The van der Waals surface area contributed by atoms with Crippen LogP contribution in [0.3, 0.4) is 0 Å². The van der Waals surface area contributed by atoms with Crippen LogP contribution in [0.5, 0.6) is 0 Å². The van der Waals surface area contributed by atoms with Crippen molar-refractivity contribution in [1.82, 2.24) is 9.97 Å². The van der Waals surface area contributed by atoms with Crippen LogP contribution in [0.15, 0.2) is 24.5 Å². The maximum absolute atomic E-state index is 13.8. The van der Waals surface area contributed by atoms with E-state index in [4.69, 9.17) is 11.6 Å². The van der Waals surface area contributed by atoms with Gasteiger partial charge in [-0.25, -0.2) is 14.4 Å². The van der Waals surface area contributed by atoms with Crippen molar-refractivity contribution in [2.24, 2.45) is 0 Å². The first-order chi connectivity index (χ1) is 9.54. The van der Waals surface area contributed by atoms with Crippen molar-refractivity contribution in [3.63, 3.8) is 0 Å². The number of benzene rings is 1. The summed E-state index contributed by atoms with van der Waals surface area (Å²) >= 11 is 5.65. The molecule has 0 aliphatic heterocycles.